The summed E-state index contributed by atoms with van der Waals surface area (Å²) < 4.78 is 4.96. The van der Waals surface area contributed by atoms with Crippen LogP contribution in [0.1, 0.15) is 43.8 Å². The van der Waals surface area contributed by atoms with Crippen LogP contribution < -0.4 is 0 Å². The van der Waals surface area contributed by atoms with Crippen LogP contribution >= 0.6 is 11.8 Å². The number of likely N-dealkylation sites (tertiary alicyclic amines) is 1. The third-order valence-corrected chi connectivity index (χ3v) is 10.0. The van der Waals surface area contributed by atoms with Crippen LogP contribution in [0.15, 0.2) is 140 Å². The van der Waals surface area contributed by atoms with Crippen molar-refractivity contribution in [1.29, 1.82) is 0 Å². The Morgan fingerprint density at radius 2 is 1.29 bits per heavy atom. The molecule has 6 nitrogen and oxygen atoms in total. The number of benzene rings is 4. The van der Waals surface area contributed by atoms with Crippen LogP contribution in [0.2, 0.25) is 0 Å². The molecule has 4 aromatic carbocycles. The standard InChI is InChI=1S/C38H34N2O4S/c1-2-25-44-37(43)40-27-32(26-31(40)21-14-24-39-35(41)33-22-12-13-23-34(33)36(39)42)45-38(28-15-6-3-7-16-28,29-17-8-4-9-18-29)30-19-10-5-11-20-30/h2-23,31-32H,1,24-27H2/b21-14-. The second kappa shape index (κ2) is 13.4. The molecule has 0 N–H and O–H groups in total. The average molecular weight is 615 g/mol. The van der Waals surface area contributed by atoms with Crippen molar-refractivity contribution >= 4 is 29.7 Å². The number of thioether (sulfide) groups is 1. The SMILES string of the molecule is C=CCOC(=O)N1CC(SC(c2ccccc2)(c2ccccc2)c2ccccc2)CC1/C=C\CN1C(=O)c2ccccc2C1=O. The molecule has 4 aromatic rings. The van der Waals surface area contributed by atoms with E-state index in [0.29, 0.717) is 24.1 Å². The first-order valence-corrected chi connectivity index (χ1v) is 15.9. The van der Waals surface area contributed by atoms with Gasteiger partial charge in [-0.2, -0.15) is 0 Å². The number of ether oxygens (including phenoxy) is 1. The molecule has 2 aliphatic heterocycles. The predicted octanol–water partition coefficient (Wildman–Crippen LogP) is 7.33. The lowest BCUT2D eigenvalue weighted by Crippen LogP contribution is -2.36. The van der Waals surface area contributed by atoms with Gasteiger partial charge in [0.15, 0.2) is 0 Å². The molecule has 0 saturated carbocycles. The number of carbonyl (C=O) groups excluding carboxylic acids is 3. The molecule has 1 fully saturated rings. The Bertz CT molecular complexity index is 1580. The molecule has 2 unspecified atom stereocenters. The van der Waals surface area contributed by atoms with Crippen LogP contribution in [0, 0.1) is 0 Å². The van der Waals surface area contributed by atoms with E-state index in [-0.39, 0.29) is 36.3 Å². The highest BCUT2D eigenvalue weighted by Crippen LogP contribution is 2.52. The summed E-state index contributed by atoms with van der Waals surface area (Å²) in [5.41, 5.74) is 4.29. The lowest BCUT2D eigenvalue weighted by Gasteiger charge is -2.37. The molecule has 0 aliphatic carbocycles. The zero-order valence-corrected chi connectivity index (χ0v) is 25.6. The molecule has 1 saturated heterocycles. The van der Waals surface area contributed by atoms with E-state index >= 15 is 0 Å². The van der Waals surface area contributed by atoms with Crippen molar-refractivity contribution < 1.29 is 19.1 Å². The molecule has 2 heterocycles. The number of carbonyl (C=O) groups is 3. The zero-order valence-electron chi connectivity index (χ0n) is 24.8. The lowest BCUT2D eigenvalue weighted by molar-refractivity contribution is 0.0671. The smallest absolute Gasteiger partial charge is 0.410 e. The Hall–Kier alpha value is -4.88. The number of fused-ring (bicyclic) bond motifs is 1. The topological polar surface area (TPSA) is 66.9 Å². The fourth-order valence-corrected chi connectivity index (χ4v) is 8.06. The van der Waals surface area contributed by atoms with Crippen molar-refractivity contribution in [2.75, 3.05) is 19.7 Å². The van der Waals surface area contributed by atoms with Crippen molar-refractivity contribution in [3.05, 3.63) is 168 Å². The van der Waals surface area contributed by atoms with Crippen LogP contribution in [-0.4, -0.2) is 58.7 Å². The zero-order chi connectivity index (χ0) is 31.2. The molecule has 2 aliphatic rings. The van der Waals surface area contributed by atoms with Crippen LogP contribution in [-0.2, 0) is 9.48 Å². The third kappa shape index (κ3) is 5.96. The third-order valence-electron chi connectivity index (χ3n) is 8.27. The van der Waals surface area contributed by atoms with Crippen LogP contribution in [0.3, 0.4) is 0 Å². The Morgan fingerprint density at radius 1 is 0.800 bits per heavy atom. The number of amides is 3. The molecule has 0 spiro atoms. The van der Waals surface area contributed by atoms with Gasteiger partial charge in [-0.05, 0) is 35.2 Å². The summed E-state index contributed by atoms with van der Waals surface area (Å²) in [4.78, 5) is 42.1. The molecule has 3 amide bonds. The largest absolute Gasteiger partial charge is 0.445 e. The van der Waals surface area contributed by atoms with Gasteiger partial charge in [0, 0.05) is 18.3 Å². The number of hydrogen-bond acceptors (Lipinski definition) is 5. The summed E-state index contributed by atoms with van der Waals surface area (Å²) in [5, 5.41) is 0.0378. The van der Waals surface area contributed by atoms with Crippen LogP contribution in [0.5, 0.6) is 0 Å². The van der Waals surface area contributed by atoms with Gasteiger partial charge in [-0.1, -0.05) is 128 Å². The van der Waals surface area contributed by atoms with E-state index < -0.39 is 10.8 Å². The average Bonchev–Trinajstić information content (AvgIpc) is 3.61. The number of nitrogens with zero attached hydrogens (tertiary/aromatic N) is 2. The van der Waals surface area contributed by atoms with Crippen molar-refractivity contribution in [3.8, 4) is 0 Å². The number of rotatable bonds is 10. The monoisotopic (exact) mass is 614 g/mol. The minimum Gasteiger partial charge on any atom is -0.445 e. The van der Waals surface area contributed by atoms with Gasteiger partial charge in [0.05, 0.1) is 21.9 Å². The van der Waals surface area contributed by atoms with E-state index in [1.165, 1.54) is 4.90 Å². The van der Waals surface area contributed by atoms with Crippen molar-refractivity contribution in [2.45, 2.75) is 22.5 Å². The first-order chi connectivity index (χ1) is 22.0. The maximum absolute atomic E-state index is 13.3. The molecule has 0 aromatic heterocycles. The predicted molar refractivity (Wildman–Crippen MR) is 178 cm³/mol. The summed E-state index contributed by atoms with van der Waals surface area (Å²) in [6.45, 7) is 4.39. The minimum absolute atomic E-state index is 0.0378. The van der Waals surface area contributed by atoms with Crippen LogP contribution in [0.4, 0.5) is 4.79 Å². The molecule has 2 atom stereocenters. The van der Waals surface area contributed by atoms with Gasteiger partial charge < -0.3 is 9.64 Å². The Kier molecular flexibility index (Phi) is 8.98. The molecule has 0 radical (unpaired) electrons. The molecule has 226 valence electrons. The quantitative estimate of drug-likeness (QED) is 0.106. The fourth-order valence-electron chi connectivity index (χ4n) is 6.22. The highest BCUT2D eigenvalue weighted by atomic mass is 32.2. The first-order valence-electron chi connectivity index (χ1n) is 15.0. The molecule has 6 rings (SSSR count). The van der Waals surface area contributed by atoms with Gasteiger partial charge in [-0.15, -0.1) is 11.8 Å². The summed E-state index contributed by atoms with van der Waals surface area (Å²) in [6.07, 6.45) is 5.54. The highest BCUT2D eigenvalue weighted by Gasteiger charge is 2.44. The first kappa shape index (κ1) is 30.2. The van der Waals surface area contributed by atoms with Crippen molar-refractivity contribution in [1.82, 2.24) is 9.80 Å². The van der Waals surface area contributed by atoms with E-state index in [0.717, 1.165) is 16.7 Å². The Labute approximate surface area is 268 Å². The number of hydrogen-bond donors (Lipinski definition) is 0. The maximum atomic E-state index is 13.3. The van der Waals surface area contributed by atoms with E-state index in [2.05, 4.69) is 79.4 Å². The van der Waals surface area contributed by atoms with Gasteiger partial charge in [0.2, 0.25) is 0 Å². The van der Waals surface area contributed by atoms with Crippen molar-refractivity contribution in [3.63, 3.8) is 0 Å². The van der Waals surface area contributed by atoms with E-state index in [1.54, 1.807) is 35.2 Å². The van der Waals surface area contributed by atoms with Gasteiger partial charge in [0.25, 0.3) is 11.8 Å². The van der Waals surface area contributed by atoms with E-state index in [4.69, 9.17) is 4.74 Å². The summed E-state index contributed by atoms with van der Waals surface area (Å²) in [6, 6.07) is 38.0. The highest BCUT2D eigenvalue weighted by molar-refractivity contribution is 8.01. The Balaban J connectivity index is 1.31. The summed E-state index contributed by atoms with van der Waals surface area (Å²) >= 11 is 1.84. The Morgan fingerprint density at radius 3 is 1.78 bits per heavy atom. The van der Waals surface area contributed by atoms with Gasteiger partial charge in [-0.25, -0.2) is 4.79 Å². The number of imide groups is 1. The molecule has 45 heavy (non-hydrogen) atoms. The van der Waals surface area contributed by atoms with E-state index in [1.807, 2.05) is 42.1 Å². The normalized spacial score (nSPS) is 18.0. The van der Waals surface area contributed by atoms with Gasteiger partial charge in [0.1, 0.15) is 6.61 Å². The fraction of sp³-hybridized carbons (Fsp3) is 0.184. The minimum atomic E-state index is -0.538. The lowest BCUT2D eigenvalue weighted by atomic mass is 9.84. The maximum Gasteiger partial charge on any atom is 0.410 e. The summed E-state index contributed by atoms with van der Waals surface area (Å²) in [5.74, 6) is -0.610. The second-order valence-corrected chi connectivity index (χ2v) is 12.5. The van der Waals surface area contributed by atoms with Crippen LogP contribution in [0.25, 0.3) is 0 Å². The van der Waals surface area contributed by atoms with E-state index in [9.17, 15) is 14.4 Å². The molecule has 0 bridgehead atoms. The molecule has 7 heteroatoms. The van der Waals surface area contributed by atoms with Crippen molar-refractivity contribution in [2.24, 2.45) is 0 Å². The second-order valence-electron chi connectivity index (χ2n) is 11.0. The molecular weight excluding hydrogens is 580 g/mol. The summed E-state index contributed by atoms with van der Waals surface area (Å²) in [7, 11) is 0. The van der Waals surface area contributed by atoms with Gasteiger partial charge in [-0.3, -0.25) is 14.5 Å². The van der Waals surface area contributed by atoms with Gasteiger partial charge >= 0.3 is 6.09 Å². The molecular formula is C38H34N2O4S.